The van der Waals surface area contributed by atoms with Crippen LogP contribution in [0.3, 0.4) is 0 Å². The summed E-state index contributed by atoms with van der Waals surface area (Å²) in [6.07, 6.45) is 0.966. The van der Waals surface area contributed by atoms with Gasteiger partial charge in [-0.25, -0.2) is 17.9 Å². The number of anilines is 1. The van der Waals surface area contributed by atoms with E-state index in [2.05, 4.69) is 22.3 Å². The first-order chi connectivity index (χ1) is 12.3. The van der Waals surface area contributed by atoms with Crippen LogP contribution in [0, 0.1) is 6.92 Å². The molecule has 2 aromatic carbocycles. The molecule has 0 radical (unpaired) electrons. The Hall–Kier alpha value is -2.38. The molecule has 2 amide bonds. The molecule has 1 atom stereocenters. The number of hydrogen-bond donors (Lipinski definition) is 3. The molecular weight excluding hydrogens is 350 g/mol. The van der Waals surface area contributed by atoms with Crippen LogP contribution in [0.25, 0.3) is 0 Å². The molecule has 2 rings (SSSR count). The molecule has 0 aliphatic carbocycles. The van der Waals surface area contributed by atoms with Gasteiger partial charge in [0.15, 0.2) is 0 Å². The minimum Gasteiger partial charge on any atom is -0.331 e. The maximum Gasteiger partial charge on any atom is 0.319 e. The van der Waals surface area contributed by atoms with Crippen LogP contribution in [0.1, 0.15) is 36.6 Å². The molecule has 0 aliphatic rings. The molecule has 6 nitrogen and oxygen atoms in total. The second-order valence-electron chi connectivity index (χ2n) is 6.10. The summed E-state index contributed by atoms with van der Waals surface area (Å²) in [4.78, 5) is 12.4. The molecule has 0 bridgehead atoms. The van der Waals surface area contributed by atoms with Crippen LogP contribution in [0.5, 0.6) is 0 Å². The predicted octanol–water partition coefficient (Wildman–Crippen LogP) is 3.35. The van der Waals surface area contributed by atoms with E-state index in [0.29, 0.717) is 5.69 Å². The molecule has 3 N–H and O–H groups in total. The lowest BCUT2D eigenvalue weighted by Gasteiger charge is -2.17. The molecule has 0 aliphatic heterocycles. The van der Waals surface area contributed by atoms with Gasteiger partial charge in [-0.15, -0.1) is 0 Å². The SMILES string of the molecule is CCc1ccc(C(C)NC(=O)Nc2cc(S(=O)(=O)NC)ccc2C)cc1. The van der Waals surface area contributed by atoms with Crippen molar-refractivity contribution >= 4 is 21.7 Å². The van der Waals surface area contributed by atoms with Gasteiger partial charge >= 0.3 is 6.03 Å². The molecule has 0 heterocycles. The van der Waals surface area contributed by atoms with Crippen molar-refractivity contribution in [3.63, 3.8) is 0 Å². The first-order valence-corrected chi connectivity index (χ1v) is 9.95. The van der Waals surface area contributed by atoms with Gasteiger partial charge in [0.25, 0.3) is 0 Å². The predicted molar refractivity (Wildman–Crippen MR) is 104 cm³/mol. The second kappa shape index (κ2) is 8.33. The summed E-state index contributed by atoms with van der Waals surface area (Å²) in [6.45, 7) is 5.79. The molecule has 0 fully saturated rings. The summed E-state index contributed by atoms with van der Waals surface area (Å²) in [7, 11) is -2.22. The maximum atomic E-state index is 12.3. The van der Waals surface area contributed by atoms with Crippen LogP contribution in [-0.4, -0.2) is 21.5 Å². The van der Waals surface area contributed by atoms with E-state index in [1.807, 2.05) is 31.2 Å². The van der Waals surface area contributed by atoms with Crippen molar-refractivity contribution < 1.29 is 13.2 Å². The molecule has 0 spiro atoms. The van der Waals surface area contributed by atoms with E-state index in [1.54, 1.807) is 13.0 Å². The summed E-state index contributed by atoms with van der Waals surface area (Å²) in [5, 5.41) is 5.59. The number of hydrogen-bond acceptors (Lipinski definition) is 3. The Bertz CT molecular complexity index is 877. The average Bonchev–Trinajstić information content (AvgIpc) is 2.63. The highest BCUT2D eigenvalue weighted by atomic mass is 32.2. The molecule has 7 heteroatoms. The molecule has 0 aromatic heterocycles. The standard InChI is InChI=1S/C19H25N3O3S/c1-5-15-7-9-16(10-8-15)14(3)21-19(23)22-18-12-17(11-6-13(18)2)26(24,25)20-4/h6-12,14,20H,5H2,1-4H3,(H2,21,22,23). The van der Waals surface area contributed by atoms with Crippen molar-refractivity contribution in [1.29, 1.82) is 0 Å². The highest BCUT2D eigenvalue weighted by molar-refractivity contribution is 7.89. The van der Waals surface area contributed by atoms with Gasteiger partial charge in [-0.05, 0) is 56.1 Å². The summed E-state index contributed by atoms with van der Waals surface area (Å²) in [6, 6.07) is 12.1. The number of amides is 2. The van der Waals surface area contributed by atoms with Gasteiger partial charge < -0.3 is 10.6 Å². The van der Waals surface area contributed by atoms with Crippen LogP contribution in [0.4, 0.5) is 10.5 Å². The average molecular weight is 375 g/mol. The lowest BCUT2D eigenvalue weighted by molar-refractivity contribution is 0.249. The van der Waals surface area contributed by atoms with Crippen molar-refractivity contribution in [1.82, 2.24) is 10.0 Å². The topological polar surface area (TPSA) is 87.3 Å². The molecule has 26 heavy (non-hydrogen) atoms. The molecule has 140 valence electrons. The Morgan fingerprint density at radius 3 is 2.35 bits per heavy atom. The highest BCUT2D eigenvalue weighted by Gasteiger charge is 2.15. The van der Waals surface area contributed by atoms with Crippen molar-refractivity contribution in [3.05, 3.63) is 59.2 Å². The third-order valence-electron chi connectivity index (χ3n) is 4.27. The second-order valence-corrected chi connectivity index (χ2v) is 7.99. The Morgan fingerprint density at radius 1 is 1.12 bits per heavy atom. The monoisotopic (exact) mass is 375 g/mol. The fraction of sp³-hybridized carbons (Fsp3) is 0.316. The Kier molecular flexibility index (Phi) is 6.39. The molecular formula is C19H25N3O3S. The third kappa shape index (κ3) is 4.83. The van der Waals surface area contributed by atoms with Crippen molar-refractivity contribution in [2.45, 2.75) is 38.1 Å². The fourth-order valence-electron chi connectivity index (χ4n) is 2.50. The lowest BCUT2D eigenvalue weighted by Crippen LogP contribution is -2.31. The molecule has 0 saturated heterocycles. The van der Waals surface area contributed by atoms with Crippen LogP contribution in [0.15, 0.2) is 47.4 Å². The minimum atomic E-state index is -3.57. The van der Waals surface area contributed by atoms with Crippen molar-refractivity contribution in [3.8, 4) is 0 Å². The van der Waals surface area contributed by atoms with Crippen molar-refractivity contribution in [2.75, 3.05) is 12.4 Å². The molecule has 1 unspecified atom stereocenters. The first kappa shape index (κ1) is 19.9. The van der Waals surface area contributed by atoms with Gasteiger partial charge in [-0.2, -0.15) is 0 Å². The number of nitrogens with one attached hydrogen (secondary N) is 3. The number of benzene rings is 2. The lowest BCUT2D eigenvalue weighted by atomic mass is 10.1. The van der Waals surface area contributed by atoms with Gasteiger partial charge in [0.05, 0.1) is 10.9 Å². The Balaban J connectivity index is 2.10. The van der Waals surface area contributed by atoms with Crippen molar-refractivity contribution in [2.24, 2.45) is 0 Å². The van der Waals surface area contributed by atoms with Crippen LogP contribution in [0.2, 0.25) is 0 Å². The zero-order chi connectivity index (χ0) is 19.3. The Labute approximate surface area is 155 Å². The van der Waals surface area contributed by atoms with E-state index in [9.17, 15) is 13.2 Å². The van der Waals surface area contributed by atoms with E-state index < -0.39 is 10.0 Å². The zero-order valence-electron chi connectivity index (χ0n) is 15.5. The van der Waals surface area contributed by atoms with Gasteiger partial charge in [0, 0.05) is 5.69 Å². The molecule has 0 saturated carbocycles. The third-order valence-corrected chi connectivity index (χ3v) is 5.68. The number of sulfonamides is 1. The maximum absolute atomic E-state index is 12.3. The Morgan fingerprint density at radius 2 is 1.77 bits per heavy atom. The summed E-state index contributed by atoms with van der Waals surface area (Å²) in [5.41, 5.74) is 3.46. The van der Waals surface area contributed by atoms with Crippen LogP contribution < -0.4 is 15.4 Å². The van der Waals surface area contributed by atoms with E-state index in [0.717, 1.165) is 17.5 Å². The minimum absolute atomic E-state index is 0.101. The highest BCUT2D eigenvalue weighted by Crippen LogP contribution is 2.20. The number of urea groups is 1. The van der Waals surface area contributed by atoms with E-state index in [1.165, 1.54) is 24.7 Å². The van der Waals surface area contributed by atoms with Gasteiger partial charge in [-0.3, -0.25) is 0 Å². The van der Waals surface area contributed by atoms with E-state index in [4.69, 9.17) is 0 Å². The summed E-state index contributed by atoms with van der Waals surface area (Å²) in [5.74, 6) is 0. The largest absolute Gasteiger partial charge is 0.331 e. The summed E-state index contributed by atoms with van der Waals surface area (Å²) >= 11 is 0. The summed E-state index contributed by atoms with van der Waals surface area (Å²) < 4.78 is 26.1. The number of rotatable bonds is 6. The quantitative estimate of drug-likeness (QED) is 0.723. The van der Waals surface area contributed by atoms with Crippen LogP contribution >= 0.6 is 0 Å². The number of aryl methyl sites for hydroxylation is 2. The number of carbonyl (C=O) groups excluding carboxylic acids is 1. The van der Waals surface area contributed by atoms with Gasteiger partial charge in [-0.1, -0.05) is 37.3 Å². The van der Waals surface area contributed by atoms with E-state index >= 15 is 0 Å². The van der Waals surface area contributed by atoms with Crippen LogP contribution in [-0.2, 0) is 16.4 Å². The van der Waals surface area contributed by atoms with Gasteiger partial charge in [0.1, 0.15) is 0 Å². The normalized spacial score (nSPS) is 12.5. The van der Waals surface area contributed by atoms with Gasteiger partial charge in [0.2, 0.25) is 10.0 Å². The number of carbonyl (C=O) groups is 1. The fourth-order valence-corrected chi connectivity index (χ4v) is 3.26. The smallest absolute Gasteiger partial charge is 0.319 e. The van der Waals surface area contributed by atoms with E-state index in [-0.39, 0.29) is 17.0 Å². The first-order valence-electron chi connectivity index (χ1n) is 8.47. The molecule has 2 aromatic rings. The zero-order valence-corrected chi connectivity index (χ0v) is 16.3.